The molecule has 12 N–H and O–H groups in total. The van der Waals surface area contributed by atoms with E-state index in [0.29, 0.717) is 0 Å². The Labute approximate surface area is 368 Å². The van der Waals surface area contributed by atoms with Gasteiger partial charge in [-0.3, -0.25) is 78.4 Å². The number of nitrogens with zero attached hydrogens (tertiary/aromatic N) is 6. The number of hydrogen-bond donors (Lipinski definition) is 11. The molecular weight excluding hydrogens is 878 g/mol. The molecule has 0 bridgehead atoms. The van der Waals surface area contributed by atoms with Crippen molar-refractivity contribution in [2.75, 3.05) is 134 Å². The lowest BCUT2D eigenvalue weighted by atomic mass is 9.96. The fraction of sp³-hybridized carbons (Fsp3) is 0.556. The Bertz CT molecular complexity index is 1750. The summed E-state index contributed by atoms with van der Waals surface area (Å²) in [5, 5.41) is 81.6. The van der Waals surface area contributed by atoms with Gasteiger partial charge in [0.05, 0.1) is 63.4 Å². The van der Waals surface area contributed by atoms with Gasteiger partial charge >= 0.3 is 59.9 Å². The highest BCUT2D eigenvalue weighted by atomic mass is 16.6. The monoisotopic (exact) mass is 929 g/mol. The average Bonchev–Trinajstić information content (AvgIpc) is 3.42. The van der Waals surface area contributed by atoms with Crippen LogP contribution in [-0.2, 0) is 47.8 Å². The number of anilines is 3. The van der Waals surface area contributed by atoms with Gasteiger partial charge in [0.1, 0.15) is 13.2 Å². The van der Waals surface area contributed by atoms with E-state index in [1.54, 1.807) is 0 Å². The van der Waals surface area contributed by atoms with Crippen molar-refractivity contribution in [3.05, 3.63) is 18.2 Å². The predicted octanol–water partition coefficient (Wildman–Crippen LogP) is -3.64. The van der Waals surface area contributed by atoms with E-state index in [1.165, 1.54) is 31.7 Å². The molecule has 1 aromatic carbocycles. The third-order valence-corrected chi connectivity index (χ3v) is 10.0. The molecule has 0 unspecified atom stereocenters. The van der Waals surface area contributed by atoms with Gasteiger partial charge in [0, 0.05) is 69.4 Å². The van der Waals surface area contributed by atoms with Gasteiger partial charge in [0.25, 0.3) is 0 Å². The maximum Gasteiger partial charge on any atom is 0.411 e. The van der Waals surface area contributed by atoms with Crippen molar-refractivity contribution in [2.45, 2.75) is 11.1 Å². The van der Waals surface area contributed by atoms with Gasteiger partial charge in [-0.1, -0.05) is 0 Å². The van der Waals surface area contributed by atoms with Gasteiger partial charge in [-0.2, -0.15) is 0 Å². The molecule has 2 aliphatic heterocycles. The summed E-state index contributed by atoms with van der Waals surface area (Å²) < 4.78 is 11.0. The predicted molar refractivity (Wildman–Crippen MR) is 216 cm³/mol. The van der Waals surface area contributed by atoms with Crippen molar-refractivity contribution in [3.63, 3.8) is 0 Å². The van der Waals surface area contributed by atoms with E-state index in [4.69, 9.17) is 15.2 Å². The number of carboxylic acid groups (broad SMARTS) is 8. The summed E-state index contributed by atoms with van der Waals surface area (Å²) >= 11 is 0. The molecule has 360 valence electrons. The first kappa shape index (κ1) is 52.4. The van der Waals surface area contributed by atoms with E-state index in [1.807, 2.05) is 0 Å². The lowest BCUT2D eigenvalue weighted by Gasteiger charge is -2.44. The maximum atomic E-state index is 13.3. The van der Waals surface area contributed by atoms with E-state index in [2.05, 4.69) is 10.6 Å². The summed E-state index contributed by atoms with van der Waals surface area (Å²) in [6, 6.07) is 3.55. The average molecular weight is 930 g/mol. The van der Waals surface area contributed by atoms with Crippen molar-refractivity contribution in [3.8, 4) is 0 Å². The quantitative estimate of drug-likeness (QED) is 0.0445. The van der Waals surface area contributed by atoms with Gasteiger partial charge < -0.3 is 56.1 Å². The molecule has 2 heterocycles. The van der Waals surface area contributed by atoms with Crippen LogP contribution in [0.1, 0.15) is 0 Å². The van der Waals surface area contributed by atoms with Gasteiger partial charge in [0.2, 0.25) is 0 Å². The highest BCUT2D eigenvalue weighted by molar-refractivity contribution is 5.90. The number of amides is 2. The van der Waals surface area contributed by atoms with Gasteiger partial charge in [-0.25, -0.2) is 9.59 Å². The van der Waals surface area contributed by atoms with E-state index < -0.39 is 163 Å². The molecule has 0 atom stereocenters. The maximum absolute atomic E-state index is 13.3. The zero-order valence-electron chi connectivity index (χ0n) is 34.7. The molecule has 3 rings (SSSR count). The van der Waals surface area contributed by atoms with Crippen LogP contribution < -0.4 is 16.4 Å². The fourth-order valence-corrected chi connectivity index (χ4v) is 7.66. The van der Waals surface area contributed by atoms with Crippen molar-refractivity contribution in [1.82, 2.24) is 29.4 Å². The fourth-order valence-electron chi connectivity index (χ4n) is 7.66. The summed E-state index contributed by atoms with van der Waals surface area (Å²) in [7, 11) is 0. The Morgan fingerprint density at radius 1 is 0.477 bits per heavy atom. The molecule has 2 fully saturated rings. The number of nitrogen functional groups attached to an aromatic ring is 1. The van der Waals surface area contributed by atoms with Crippen molar-refractivity contribution >= 4 is 77.0 Å². The van der Waals surface area contributed by atoms with E-state index in [0.717, 1.165) is 15.9 Å². The minimum absolute atomic E-state index is 0.0424. The van der Waals surface area contributed by atoms with Crippen LogP contribution in [0.3, 0.4) is 0 Å². The van der Waals surface area contributed by atoms with Crippen LogP contribution in [0, 0.1) is 0 Å². The highest BCUT2D eigenvalue weighted by Gasteiger charge is 2.47. The topological polar surface area (TPSA) is 421 Å². The molecule has 0 radical (unpaired) electrons. The molecule has 2 aliphatic rings. The van der Waals surface area contributed by atoms with Crippen LogP contribution in [0.2, 0.25) is 0 Å². The Morgan fingerprint density at radius 2 is 0.738 bits per heavy atom. The third-order valence-electron chi connectivity index (χ3n) is 10.0. The van der Waals surface area contributed by atoms with Crippen molar-refractivity contribution in [2.24, 2.45) is 0 Å². The number of rotatable bonds is 24. The molecule has 0 aromatic heterocycles. The second kappa shape index (κ2) is 23.7. The van der Waals surface area contributed by atoms with Gasteiger partial charge in [-0.15, -0.1) is 0 Å². The smallest absolute Gasteiger partial charge is 0.411 e. The van der Waals surface area contributed by atoms with Crippen LogP contribution in [-0.4, -0.2) is 259 Å². The molecule has 29 nitrogen and oxygen atoms in total. The molecular formula is C36H51N9O20. The molecule has 65 heavy (non-hydrogen) atoms. The lowest BCUT2D eigenvalue weighted by Crippen LogP contribution is -2.64. The Morgan fingerprint density at radius 3 is 0.969 bits per heavy atom. The van der Waals surface area contributed by atoms with Crippen LogP contribution >= 0.6 is 0 Å². The van der Waals surface area contributed by atoms with E-state index in [9.17, 15) is 88.8 Å². The SMILES string of the molecule is Nc1cc(NC(=O)OCC2(N(CC(=O)O)CC(=O)O)CN(CC(=O)O)CCN(CC(=O)O)C2)cc(NC(=O)OCC2(N(CC(=O)O)CC(=O)O)CN(CC(=O)O)CCN(CC(=O)O)C2)c1. The zero-order valence-corrected chi connectivity index (χ0v) is 34.7. The summed E-state index contributed by atoms with van der Waals surface area (Å²) in [5.41, 5.74) is 2.01. The first-order valence-electron chi connectivity index (χ1n) is 19.3. The standard InChI is InChI=1S/C36H51N9O20/c37-22-5-23(38-33(62)64-20-35(44(12-29(54)55)13-30(56)57)16-40(8-25(46)47)1-2-41(17-35)9-26(48)49)7-24(6-22)39-34(63)65-21-36(45(14-31(58)59)15-32(60)61)18-42(10-27(50)51)3-4-43(19-36)11-28(52)53/h5-7H,1-4,8-21,37H2,(H,38,62)(H,39,63)(H,46,47)(H,48,49)(H,50,51)(H,52,53)(H,54,55)(H,56,57)(H,58,59)(H,60,61). The lowest BCUT2D eigenvalue weighted by molar-refractivity contribution is -0.149. The summed E-state index contributed by atoms with van der Waals surface area (Å²) in [6.45, 7) is -9.62. The largest absolute Gasteiger partial charge is 0.480 e. The van der Waals surface area contributed by atoms with Crippen molar-refractivity contribution in [1.29, 1.82) is 0 Å². The molecule has 0 spiro atoms. The summed E-state index contributed by atoms with van der Waals surface area (Å²) in [6.07, 6.45) is -2.51. The first-order valence-corrected chi connectivity index (χ1v) is 19.3. The Hall–Kier alpha value is -6.92. The molecule has 29 heteroatoms. The number of aliphatic carboxylic acids is 8. The van der Waals surface area contributed by atoms with E-state index >= 15 is 0 Å². The molecule has 0 aliphatic carbocycles. The van der Waals surface area contributed by atoms with Crippen LogP contribution in [0.15, 0.2) is 18.2 Å². The molecule has 2 amide bonds. The number of nitrogens with two attached hydrogens (primary N) is 1. The molecule has 2 saturated heterocycles. The van der Waals surface area contributed by atoms with Crippen LogP contribution in [0.25, 0.3) is 0 Å². The number of nitrogens with one attached hydrogen (secondary N) is 2. The first-order chi connectivity index (χ1) is 30.4. The number of carboxylic acids is 8. The van der Waals surface area contributed by atoms with Crippen LogP contribution in [0.5, 0.6) is 0 Å². The zero-order chi connectivity index (χ0) is 48.6. The number of benzene rings is 1. The molecule has 1 aromatic rings. The van der Waals surface area contributed by atoms with Crippen LogP contribution in [0.4, 0.5) is 26.7 Å². The normalized spacial score (nSPS) is 17.0. The number of carbonyl (C=O) groups is 10. The summed E-state index contributed by atoms with van der Waals surface area (Å²) in [5.74, 6) is -11.3. The molecule has 0 saturated carbocycles. The highest BCUT2D eigenvalue weighted by Crippen LogP contribution is 2.27. The minimum Gasteiger partial charge on any atom is -0.480 e. The van der Waals surface area contributed by atoms with Gasteiger partial charge in [-0.05, 0) is 18.2 Å². The minimum atomic E-state index is -1.82. The van der Waals surface area contributed by atoms with Crippen molar-refractivity contribution < 1.29 is 98.3 Å². The third kappa shape index (κ3) is 17.6. The Kier molecular flexibility index (Phi) is 19.1. The Balaban J connectivity index is 1.91. The second-order valence-corrected chi connectivity index (χ2v) is 15.4. The second-order valence-electron chi connectivity index (χ2n) is 15.4. The van der Waals surface area contributed by atoms with E-state index in [-0.39, 0.29) is 43.2 Å². The number of ether oxygens (including phenoxy) is 2. The van der Waals surface area contributed by atoms with Gasteiger partial charge in [0.15, 0.2) is 0 Å². The number of carbonyl (C=O) groups excluding carboxylic acids is 2. The summed E-state index contributed by atoms with van der Waals surface area (Å²) in [4.78, 5) is 128. The number of hydrogen-bond acceptors (Lipinski definition) is 19.